The van der Waals surface area contributed by atoms with Crippen molar-refractivity contribution >= 4 is 75.2 Å². The van der Waals surface area contributed by atoms with E-state index in [2.05, 4.69) is 15.6 Å². The van der Waals surface area contributed by atoms with Crippen LogP contribution >= 0.6 is 46.1 Å². The van der Waals surface area contributed by atoms with E-state index in [1.54, 1.807) is 23.6 Å². The van der Waals surface area contributed by atoms with Crippen LogP contribution in [-0.2, 0) is 6.54 Å². The first-order valence-electron chi connectivity index (χ1n) is 11.3. The van der Waals surface area contributed by atoms with E-state index in [0.29, 0.717) is 41.5 Å². The summed E-state index contributed by atoms with van der Waals surface area (Å²) in [5, 5.41) is 25.9. The minimum Gasteiger partial charge on any atom is -0.395 e. The largest absolute Gasteiger partial charge is 0.395 e. The summed E-state index contributed by atoms with van der Waals surface area (Å²) in [4.78, 5) is 32.8. The number of nitrogens with zero attached hydrogens (tertiary/aromatic N) is 2. The van der Waals surface area contributed by atoms with Crippen LogP contribution in [0, 0.1) is 5.41 Å². The zero-order valence-electron chi connectivity index (χ0n) is 20.2. The first kappa shape index (κ1) is 29.0. The molecule has 3 rings (SSSR count). The maximum Gasteiger partial charge on any atom is 0.267 e. The summed E-state index contributed by atoms with van der Waals surface area (Å²) in [6, 6.07) is 6.11. The molecule has 0 unspecified atom stereocenters. The van der Waals surface area contributed by atoms with Gasteiger partial charge in [0.15, 0.2) is 0 Å². The summed E-state index contributed by atoms with van der Waals surface area (Å²) in [6.07, 6.45) is 2.51. The van der Waals surface area contributed by atoms with E-state index in [0.717, 1.165) is 5.56 Å². The number of aromatic nitrogens is 1. The Labute approximate surface area is 234 Å². The third kappa shape index (κ3) is 7.50. The average Bonchev–Trinajstić information content (AvgIpc) is 3.21. The molecule has 37 heavy (non-hydrogen) atoms. The van der Waals surface area contributed by atoms with Crippen molar-refractivity contribution in [1.82, 2.24) is 9.88 Å². The van der Waals surface area contributed by atoms with Crippen LogP contribution in [0.1, 0.15) is 50.9 Å². The lowest BCUT2D eigenvalue weighted by Gasteiger charge is -2.17. The number of hydrogen-bond donors (Lipinski definition) is 4. The Morgan fingerprint density at radius 2 is 1.84 bits per heavy atom. The summed E-state index contributed by atoms with van der Waals surface area (Å²) in [6.45, 7) is 2.85. The lowest BCUT2D eigenvalue weighted by atomic mass is 9.99. The van der Waals surface area contributed by atoms with Crippen molar-refractivity contribution < 1.29 is 14.7 Å². The molecule has 0 aliphatic rings. The van der Waals surface area contributed by atoms with Gasteiger partial charge in [-0.15, -0.1) is 11.3 Å². The van der Waals surface area contributed by atoms with E-state index in [-0.39, 0.29) is 39.3 Å². The van der Waals surface area contributed by atoms with Gasteiger partial charge in [0.25, 0.3) is 11.8 Å². The highest BCUT2D eigenvalue weighted by Crippen LogP contribution is 2.33. The second-order valence-corrected chi connectivity index (χ2v) is 10.4. The molecule has 4 N–H and O–H groups in total. The summed E-state index contributed by atoms with van der Waals surface area (Å²) in [5.74, 6) is -0.825. The van der Waals surface area contributed by atoms with Gasteiger partial charge in [-0.25, -0.2) is 4.98 Å². The Bertz CT molecular complexity index is 1300. The molecule has 2 aromatic heterocycles. The molecule has 0 saturated carbocycles. The Hall–Kier alpha value is -2.53. The van der Waals surface area contributed by atoms with Crippen molar-refractivity contribution in [2.45, 2.75) is 26.3 Å². The maximum atomic E-state index is 13.3. The summed E-state index contributed by atoms with van der Waals surface area (Å²) >= 11 is 19.9. The second kappa shape index (κ2) is 13.3. The number of thiophene rings is 1. The number of carbonyl (C=O) groups excluding carboxylic acids is 2. The van der Waals surface area contributed by atoms with Gasteiger partial charge in [-0.1, -0.05) is 48.1 Å². The van der Waals surface area contributed by atoms with Crippen molar-refractivity contribution in [2.24, 2.45) is 0 Å². The van der Waals surface area contributed by atoms with Crippen LogP contribution in [0.25, 0.3) is 0 Å². The number of rotatable bonds is 11. The molecule has 2 amide bonds. The molecule has 0 aliphatic carbocycles. The molecule has 0 spiro atoms. The quantitative estimate of drug-likeness (QED) is 0.201. The van der Waals surface area contributed by atoms with E-state index < -0.39 is 11.8 Å². The number of likely N-dealkylation sites (N-methyl/N-ethyl adjacent to an activating group) is 1. The molecule has 12 heteroatoms. The highest BCUT2D eigenvalue weighted by atomic mass is 35.5. The smallest absolute Gasteiger partial charge is 0.267 e. The van der Waals surface area contributed by atoms with Gasteiger partial charge in [-0.3, -0.25) is 14.5 Å². The maximum absolute atomic E-state index is 13.3. The molecule has 0 fully saturated rings. The first-order chi connectivity index (χ1) is 17.6. The molecular formula is C25H26Cl3N5O3S. The summed E-state index contributed by atoms with van der Waals surface area (Å²) < 4.78 is 0. The van der Waals surface area contributed by atoms with Crippen LogP contribution in [0.3, 0.4) is 0 Å². The molecular weight excluding hydrogens is 557 g/mol. The van der Waals surface area contributed by atoms with Gasteiger partial charge in [0.2, 0.25) is 0 Å². The fourth-order valence-corrected chi connectivity index (χ4v) is 5.10. The van der Waals surface area contributed by atoms with E-state index in [1.165, 1.54) is 23.6 Å². The Kier molecular flexibility index (Phi) is 10.5. The normalized spacial score (nSPS) is 11.0. The Morgan fingerprint density at radius 1 is 1.11 bits per heavy atom. The third-order valence-electron chi connectivity index (χ3n) is 5.31. The minimum atomic E-state index is -0.568. The third-order valence-corrected chi connectivity index (χ3v) is 7.32. The van der Waals surface area contributed by atoms with Crippen molar-refractivity contribution in [3.8, 4) is 0 Å². The predicted molar refractivity (Wildman–Crippen MR) is 151 cm³/mol. The summed E-state index contributed by atoms with van der Waals surface area (Å²) in [5.41, 5.74) is 1.54. The number of benzene rings is 1. The predicted octanol–water partition coefficient (Wildman–Crippen LogP) is 6.20. The number of nitrogens with one attached hydrogen (secondary N) is 3. The van der Waals surface area contributed by atoms with Gasteiger partial charge < -0.3 is 21.1 Å². The van der Waals surface area contributed by atoms with Gasteiger partial charge in [-0.05, 0) is 48.7 Å². The number of aliphatic hydroxyl groups excluding tert-OH is 1. The van der Waals surface area contributed by atoms with Crippen LogP contribution in [0.15, 0.2) is 35.8 Å². The van der Waals surface area contributed by atoms with Crippen molar-refractivity contribution in [3.63, 3.8) is 0 Å². The highest BCUT2D eigenvalue weighted by Gasteiger charge is 2.24. The van der Waals surface area contributed by atoms with Crippen molar-refractivity contribution in [2.75, 3.05) is 30.8 Å². The topological polar surface area (TPSA) is 118 Å². The van der Waals surface area contributed by atoms with Gasteiger partial charge in [-0.2, -0.15) is 0 Å². The van der Waals surface area contributed by atoms with E-state index >= 15 is 0 Å². The molecule has 8 nitrogen and oxygen atoms in total. The number of anilines is 2. The monoisotopic (exact) mass is 581 g/mol. The van der Waals surface area contributed by atoms with Crippen LogP contribution in [0.4, 0.5) is 11.5 Å². The van der Waals surface area contributed by atoms with Crippen LogP contribution in [-0.4, -0.2) is 52.7 Å². The van der Waals surface area contributed by atoms with Gasteiger partial charge in [0.05, 0.1) is 27.9 Å². The zero-order chi connectivity index (χ0) is 27.1. The molecule has 196 valence electrons. The number of amides is 2. The fourth-order valence-electron chi connectivity index (χ4n) is 3.53. The van der Waals surface area contributed by atoms with Gasteiger partial charge >= 0.3 is 0 Å². The average molecular weight is 583 g/mol. The molecule has 0 bridgehead atoms. The number of hydrogen-bond acceptors (Lipinski definition) is 7. The Morgan fingerprint density at radius 3 is 2.49 bits per heavy atom. The van der Waals surface area contributed by atoms with Crippen molar-refractivity contribution in [1.29, 1.82) is 5.41 Å². The van der Waals surface area contributed by atoms with Gasteiger partial charge in [0.1, 0.15) is 10.7 Å². The molecule has 0 saturated heterocycles. The lowest BCUT2D eigenvalue weighted by molar-refractivity contribution is 0.102. The highest BCUT2D eigenvalue weighted by molar-refractivity contribution is 7.13. The second-order valence-electron chi connectivity index (χ2n) is 8.24. The zero-order valence-corrected chi connectivity index (χ0v) is 23.3. The summed E-state index contributed by atoms with van der Waals surface area (Å²) in [7, 11) is 1.84. The fraction of sp³-hybridized carbons (Fsp3) is 0.280. The molecule has 0 atom stereocenters. The van der Waals surface area contributed by atoms with Gasteiger partial charge in [0, 0.05) is 35.6 Å². The van der Waals surface area contributed by atoms with Crippen LogP contribution < -0.4 is 10.6 Å². The Balaban J connectivity index is 1.98. The van der Waals surface area contributed by atoms with E-state index in [4.69, 9.17) is 45.3 Å². The first-order valence-corrected chi connectivity index (χ1v) is 13.4. The van der Waals surface area contributed by atoms with Crippen molar-refractivity contribution in [3.05, 3.63) is 72.5 Å². The lowest BCUT2D eigenvalue weighted by Crippen LogP contribution is -2.22. The number of carbonyl (C=O) groups is 2. The number of halogens is 3. The van der Waals surface area contributed by atoms with E-state index in [9.17, 15) is 9.59 Å². The van der Waals surface area contributed by atoms with E-state index in [1.807, 2.05) is 18.9 Å². The molecule has 0 aliphatic heterocycles. The van der Waals surface area contributed by atoms with Crippen LogP contribution in [0.5, 0.6) is 0 Å². The number of aliphatic hydroxyl groups is 1. The minimum absolute atomic E-state index is 0.00500. The molecule has 2 heterocycles. The number of pyridine rings is 1. The van der Waals surface area contributed by atoms with Crippen LogP contribution in [0.2, 0.25) is 15.1 Å². The molecule has 3 aromatic rings. The molecule has 1 aromatic carbocycles. The molecule has 0 radical (unpaired) electrons. The SMILES string of the molecule is CCCC(=N)c1cc(Cl)cc(C(=O)Nc2ccc(Cl)cn2)c1NC(=O)c1scc(CN(C)CCO)c1Cl. The standard InChI is InChI=1S/C25H26Cl3N5O3S/c1-3-4-19(29)17-9-16(27)10-18(24(35)31-20-6-5-15(26)11-30-20)22(17)32-25(36)23-21(28)14(13-37-23)12-33(2)7-8-34/h5-6,9-11,13,29,34H,3-4,7-8,12H2,1-2H3,(H,32,36)(H,30,31,35).